The van der Waals surface area contributed by atoms with Gasteiger partial charge in [0, 0.05) is 6.04 Å². The molecular weight excluding hydrogens is 356 g/mol. The van der Waals surface area contributed by atoms with Gasteiger partial charge in [0.2, 0.25) is 5.91 Å². The van der Waals surface area contributed by atoms with Crippen LogP contribution >= 0.6 is 0 Å². The first-order valence-electron chi connectivity index (χ1n) is 13.2. The molecule has 1 spiro atoms. The second-order valence-corrected chi connectivity index (χ2v) is 10.1. The summed E-state index contributed by atoms with van der Waals surface area (Å²) in [6.07, 6.45) is 26.3. The molecule has 2 unspecified atom stereocenters. The molecule has 2 rings (SSSR count). The average molecular weight is 407 g/mol. The highest BCUT2D eigenvalue weighted by Crippen LogP contribution is 2.47. The van der Waals surface area contributed by atoms with E-state index in [1.807, 2.05) is 0 Å². The Morgan fingerprint density at radius 2 is 1.34 bits per heavy atom. The normalized spacial score (nSPS) is 23.4. The van der Waals surface area contributed by atoms with E-state index in [1.54, 1.807) is 0 Å². The zero-order valence-electron chi connectivity index (χ0n) is 19.5. The molecular formula is C26H50N2O. The first kappa shape index (κ1) is 24.7. The number of unbranched alkanes of at least 4 members (excludes halogenated alkanes) is 9. The van der Waals surface area contributed by atoms with Gasteiger partial charge in [-0.1, -0.05) is 103 Å². The van der Waals surface area contributed by atoms with E-state index in [4.69, 9.17) is 5.73 Å². The van der Waals surface area contributed by atoms with E-state index >= 15 is 0 Å². The Morgan fingerprint density at radius 1 is 0.828 bits per heavy atom. The number of amides is 1. The summed E-state index contributed by atoms with van der Waals surface area (Å²) in [5.41, 5.74) is 6.32. The van der Waals surface area contributed by atoms with Gasteiger partial charge in [0.05, 0.1) is 5.92 Å². The van der Waals surface area contributed by atoms with Crippen molar-refractivity contribution in [1.29, 1.82) is 0 Å². The monoisotopic (exact) mass is 406 g/mol. The van der Waals surface area contributed by atoms with Crippen molar-refractivity contribution in [2.24, 2.45) is 17.1 Å². The lowest BCUT2D eigenvalue weighted by molar-refractivity contribution is -0.125. The summed E-state index contributed by atoms with van der Waals surface area (Å²) in [7, 11) is 0. The van der Waals surface area contributed by atoms with Gasteiger partial charge in [0.1, 0.15) is 0 Å². The standard InChI is InChI=1S/C26H50N2O/c1-2-3-4-5-6-7-8-9-10-13-18-23(25(27)29)24-26(19-14-11-15-20-26)21-16-12-17-22-28-24/h23-24,28H,2-22H2,1H3,(H2,27,29). The molecule has 1 saturated heterocycles. The van der Waals surface area contributed by atoms with Gasteiger partial charge in [-0.2, -0.15) is 0 Å². The number of carbonyl (C=O) groups is 1. The Balaban J connectivity index is 1.78. The third-order valence-corrected chi connectivity index (χ3v) is 7.86. The van der Waals surface area contributed by atoms with Crippen LogP contribution in [0.4, 0.5) is 0 Å². The van der Waals surface area contributed by atoms with Crippen LogP contribution in [0.15, 0.2) is 0 Å². The minimum atomic E-state index is -0.0519. The first-order chi connectivity index (χ1) is 14.2. The molecule has 1 saturated carbocycles. The van der Waals surface area contributed by atoms with Gasteiger partial charge in [-0.15, -0.1) is 0 Å². The van der Waals surface area contributed by atoms with Gasteiger partial charge in [0.15, 0.2) is 0 Å². The van der Waals surface area contributed by atoms with Crippen LogP contribution in [0.25, 0.3) is 0 Å². The molecule has 1 heterocycles. The highest BCUT2D eigenvalue weighted by atomic mass is 16.1. The summed E-state index contributed by atoms with van der Waals surface area (Å²) in [6, 6.07) is 0.319. The molecule has 3 N–H and O–H groups in total. The van der Waals surface area contributed by atoms with Crippen molar-refractivity contribution < 1.29 is 4.79 Å². The summed E-state index contributed by atoms with van der Waals surface area (Å²) in [4.78, 5) is 12.5. The van der Waals surface area contributed by atoms with E-state index in [1.165, 1.54) is 116 Å². The summed E-state index contributed by atoms with van der Waals surface area (Å²) in [5, 5.41) is 3.85. The predicted molar refractivity (Wildman–Crippen MR) is 125 cm³/mol. The lowest BCUT2D eigenvalue weighted by Gasteiger charge is -2.48. The molecule has 1 aliphatic carbocycles. The third kappa shape index (κ3) is 8.59. The van der Waals surface area contributed by atoms with Crippen LogP contribution in [0.5, 0.6) is 0 Å². The third-order valence-electron chi connectivity index (χ3n) is 7.86. The van der Waals surface area contributed by atoms with Gasteiger partial charge in [-0.25, -0.2) is 0 Å². The second kappa shape index (κ2) is 14.4. The Morgan fingerprint density at radius 3 is 1.90 bits per heavy atom. The van der Waals surface area contributed by atoms with Crippen LogP contribution in [0.2, 0.25) is 0 Å². The lowest BCUT2D eigenvalue weighted by Crippen LogP contribution is -2.55. The molecule has 1 amide bonds. The van der Waals surface area contributed by atoms with Gasteiger partial charge >= 0.3 is 0 Å². The second-order valence-electron chi connectivity index (χ2n) is 10.1. The minimum absolute atomic E-state index is 0.0280. The molecule has 2 atom stereocenters. The van der Waals surface area contributed by atoms with E-state index in [0.29, 0.717) is 11.5 Å². The predicted octanol–water partition coefficient (Wildman–Crippen LogP) is 6.88. The van der Waals surface area contributed by atoms with Gasteiger partial charge < -0.3 is 11.1 Å². The number of nitrogens with one attached hydrogen (secondary N) is 1. The fraction of sp³-hybridized carbons (Fsp3) is 0.962. The maximum Gasteiger partial charge on any atom is 0.222 e. The SMILES string of the molecule is CCCCCCCCCCCCC(C(N)=O)C1NCCCCCC12CCCCC2. The molecule has 0 aromatic rings. The molecule has 3 heteroatoms. The van der Waals surface area contributed by atoms with E-state index in [0.717, 1.165) is 19.4 Å². The highest BCUT2D eigenvalue weighted by molar-refractivity contribution is 5.77. The van der Waals surface area contributed by atoms with Crippen molar-refractivity contribution in [2.45, 2.75) is 141 Å². The smallest absolute Gasteiger partial charge is 0.222 e. The van der Waals surface area contributed by atoms with Crippen LogP contribution in [0, 0.1) is 11.3 Å². The molecule has 2 aliphatic rings. The molecule has 29 heavy (non-hydrogen) atoms. The lowest BCUT2D eigenvalue weighted by atomic mass is 9.62. The first-order valence-corrected chi connectivity index (χ1v) is 13.2. The largest absolute Gasteiger partial charge is 0.369 e. The summed E-state index contributed by atoms with van der Waals surface area (Å²) >= 11 is 0. The number of carbonyl (C=O) groups excluding carboxylic acids is 1. The molecule has 0 aromatic heterocycles. The van der Waals surface area contributed by atoms with Crippen LogP contribution in [0.1, 0.15) is 135 Å². The fourth-order valence-electron chi connectivity index (χ4n) is 6.12. The summed E-state index contributed by atoms with van der Waals surface area (Å²) in [5.74, 6) is -0.0239. The number of hydrogen-bond donors (Lipinski definition) is 2. The zero-order valence-corrected chi connectivity index (χ0v) is 19.5. The Bertz CT molecular complexity index is 430. The fourth-order valence-corrected chi connectivity index (χ4v) is 6.12. The van der Waals surface area contributed by atoms with E-state index in [-0.39, 0.29) is 11.8 Å². The molecule has 0 radical (unpaired) electrons. The van der Waals surface area contributed by atoms with Crippen molar-refractivity contribution in [3.05, 3.63) is 0 Å². The topological polar surface area (TPSA) is 55.1 Å². The highest BCUT2D eigenvalue weighted by Gasteiger charge is 2.44. The number of rotatable bonds is 13. The van der Waals surface area contributed by atoms with Crippen LogP contribution < -0.4 is 11.1 Å². The molecule has 170 valence electrons. The number of hydrogen-bond acceptors (Lipinski definition) is 2. The zero-order chi connectivity index (χ0) is 20.8. The van der Waals surface area contributed by atoms with Crippen LogP contribution in [-0.4, -0.2) is 18.5 Å². The van der Waals surface area contributed by atoms with Gasteiger partial charge in [-0.3, -0.25) is 4.79 Å². The Hall–Kier alpha value is -0.570. The Labute approximate surface area is 181 Å². The van der Waals surface area contributed by atoms with Crippen molar-refractivity contribution in [3.8, 4) is 0 Å². The molecule has 0 bridgehead atoms. The van der Waals surface area contributed by atoms with Crippen molar-refractivity contribution in [2.75, 3.05) is 6.54 Å². The van der Waals surface area contributed by atoms with E-state index < -0.39 is 0 Å². The Kier molecular flexibility index (Phi) is 12.3. The molecule has 0 aromatic carbocycles. The maximum absolute atomic E-state index is 12.5. The molecule has 2 fully saturated rings. The van der Waals surface area contributed by atoms with E-state index in [2.05, 4.69) is 12.2 Å². The van der Waals surface area contributed by atoms with Crippen LogP contribution in [-0.2, 0) is 4.79 Å². The van der Waals surface area contributed by atoms with Crippen molar-refractivity contribution in [3.63, 3.8) is 0 Å². The van der Waals surface area contributed by atoms with E-state index in [9.17, 15) is 4.79 Å². The molecule has 1 aliphatic heterocycles. The maximum atomic E-state index is 12.5. The minimum Gasteiger partial charge on any atom is -0.369 e. The summed E-state index contributed by atoms with van der Waals surface area (Å²) < 4.78 is 0. The number of nitrogens with two attached hydrogens (primary N) is 1. The van der Waals surface area contributed by atoms with Gasteiger partial charge in [-0.05, 0) is 44.1 Å². The quantitative estimate of drug-likeness (QED) is 0.327. The van der Waals surface area contributed by atoms with Crippen molar-refractivity contribution >= 4 is 5.91 Å². The molecule has 3 nitrogen and oxygen atoms in total. The summed E-state index contributed by atoms with van der Waals surface area (Å²) in [6.45, 7) is 3.34. The van der Waals surface area contributed by atoms with Crippen LogP contribution in [0.3, 0.4) is 0 Å². The number of primary amides is 1. The van der Waals surface area contributed by atoms with Gasteiger partial charge in [0.25, 0.3) is 0 Å². The average Bonchev–Trinajstić information content (AvgIpc) is 2.71. The van der Waals surface area contributed by atoms with Crippen molar-refractivity contribution in [1.82, 2.24) is 5.32 Å².